The van der Waals surface area contributed by atoms with Crippen molar-refractivity contribution < 1.29 is 14.7 Å². The molecular formula is C19H28N2O3. The number of carboxylic acid groups (broad SMARTS) is 1. The number of hydrogen-bond donors (Lipinski definition) is 1. The number of rotatable bonds is 3. The van der Waals surface area contributed by atoms with Gasteiger partial charge in [0.05, 0.1) is 5.56 Å². The Morgan fingerprint density at radius 2 is 1.79 bits per heavy atom. The summed E-state index contributed by atoms with van der Waals surface area (Å²) in [7, 11) is 1.85. The predicted octanol–water partition coefficient (Wildman–Crippen LogP) is 3.03. The number of nitrogens with zero attached hydrogens (tertiary/aromatic N) is 2. The van der Waals surface area contributed by atoms with Crippen molar-refractivity contribution >= 4 is 11.9 Å². The number of aromatic carboxylic acids is 1. The van der Waals surface area contributed by atoms with Gasteiger partial charge in [-0.25, -0.2) is 4.79 Å². The van der Waals surface area contributed by atoms with Crippen molar-refractivity contribution in [3.63, 3.8) is 0 Å². The first kappa shape index (κ1) is 18.5. The molecule has 0 atom stereocenters. The summed E-state index contributed by atoms with van der Waals surface area (Å²) in [5.41, 5.74) is 1.67. The van der Waals surface area contributed by atoms with Gasteiger partial charge in [-0.1, -0.05) is 0 Å². The second-order valence-corrected chi connectivity index (χ2v) is 7.64. The second-order valence-electron chi connectivity index (χ2n) is 7.64. The summed E-state index contributed by atoms with van der Waals surface area (Å²) in [6, 6.07) is 4.92. The molecule has 1 amide bonds. The van der Waals surface area contributed by atoms with E-state index < -0.39 is 5.97 Å². The minimum Gasteiger partial charge on any atom is -0.478 e. The zero-order chi connectivity index (χ0) is 18.1. The third-order valence-corrected chi connectivity index (χ3v) is 4.98. The number of hydrogen-bond acceptors (Lipinski definition) is 3. The van der Waals surface area contributed by atoms with Gasteiger partial charge in [-0.2, -0.15) is 0 Å². The first-order valence-corrected chi connectivity index (χ1v) is 8.47. The summed E-state index contributed by atoms with van der Waals surface area (Å²) >= 11 is 0. The maximum Gasteiger partial charge on any atom is 0.335 e. The Balaban J connectivity index is 2.07. The largest absolute Gasteiger partial charge is 0.478 e. The number of carbonyl (C=O) groups excluding carboxylic acids is 1. The van der Waals surface area contributed by atoms with Crippen LogP contribution in [0, 0.1) is 6.92 Å². The summed E-state index contributed by atoms with van der Waals surface area (Å²) in [5, 5.41) is 9.04. The molecule has 0 aromatic heterocycles. The molecule has 0 unspecified atom stereocenters. The fourth-order valence-corrected chi connectivity index (χ4v) is 3.32. The van der Waals surface area contributed by atoms with Crippen molar-refractivity contribution in [1.82, 2.24) is 9.80 Å². The number of carboxylic acids is 1. The molecule has 0 bridgehead atoms. The number of aryl methyl sites for hydroxylation is 1. The molecule has 0 spiro atoms. The summed E-state index contributed by atoms with van der Waals surface area (Å²) in [5.74, 6) is -1.00. The van der Waals surface area contributed by atoms with Gasteiger partial charge in [-0.3, -0.25) is 9.69 Å². The van der Waals surface area contributed by atoms with Gasteiger partial charge in [-0.05, 0) is 64.3 Å². The van der Waals surface area contributed by atoms with E-state index >= 15 is 0 Å². The maximum absolute atomic E-state index is 12.8. The average molecular weight is 332 g/mol. The van der Waals surface area contributed by atoms with E-state index in [9.17, 15) is 9.59 Å². The third kappa shape index (κ3) is 3.96. The molecule has 24 heavy (non-hydrogen) atoms. The lowest BCUT2D eigenvalue weighted by Crippen LogP contribution is -2.51. The van der Waals surface area contributed by atoms with Crippen LogP contribution in [0.5, 0.6) is 0 Å². The van der Waals surface area contributed by atoms with Gasteiger partial charge in [0.2, 0.25) is 0 Å². The van der Waals surface area contributed by atoms with E-state index in [0.717, 1.165) is 25.9 Å². The SMILES string of the molecule is Cc1cc(C(=O)O)ccc1C(=O)N(C)C1CCN(C(C)(C)C)CC1. The molecule has 0 radical (unpaired) electrons. The second kappa shape index (κ2) is 6.93. The Morgan fingerprint density at radius 1 is 1.21 bits per heavy atom. The van der Waals surface area contributed by atoms with Crippen LogP contribution < -0.4 is 0 Å². The quantitative estimate of drug-likeness (QED) is 0.924. The molecule has 5 nitrogen and oxygen atoms in total. The molecule has 132 valence electrons. The van der Waals surface area contributed by atoms with Crippen LogP contribution in [-0.4, -0.2) is 58.5 Å². The van der Waals surface area contributed by atoms with Gasteiger partial charge < -0.3 is 10.0 Å². The van der Waals surface area contributed by atoms with Crippen molar-refractivity contribution in [3.05, 3.63) is 34.9 Å². The maximum atomic E-state index is 12.8. The molecule has 0 saturated carbocycles. The highest BCUT2D eigenvalue weighted by atomic mass is 16.4. The third-order valence-electron chi connectivity index (χ3n) is 4.98. The Bertz CT molecular complexity index is 626. The summed E-state index contributed by atoms with van der Waals surface area (Å²) in [6.07, 6.45) is 1.93. The van der Waals surface area contributed by atoms with Crippen LogP contribution in [0.15, 0.2) is 18.2 Å². The fraction of sp³-hybridized carbons (Fsp3) is 0.579. The van der Waals surface area contributed by atoms with Gasteiger partial charge >= 0.3 is 5.97 Å². The lowest BCUT2D eigenvalue weighted by Gasteiger charge is -2.43. The zero-order valence-corrected chi connectivity index (χ0v) is 15.3. The van der Waals surface area contributed by atoms with Crippen molar-refractivity contribution in [1.29, 1.82) is 0 Å². The Morgan fingerprint density at radius 3 is 2.25 bits per heavy atom. The van der Waals surface area contributed by atoms with Crippen molar-refractivity contribution in [3.8, 4) is 0 Å². The van der Waals surface area contributed by atoms with Crippen molar-refractivity contribution in [2.75, 3.05) is 20.1 Å². The molecule has 0 aliphatic carbocycles. The number of amides is 1. The smallest absolute Gasteiger partial charge is 0.335 e. The highest BCUT2D eigenvalue weighted by Crippen LogP contribution is 2.24. The van der Waals surface area contributed by atoms with Crippen molar-refractivity contribution in [2.24, 2.45) is 0 Å². The van der Waals surface area contributed by atoms with Gasteiger partial charge in [0, 0.05) is 37.3 Å². The van der Waals surface area contributed by atoms with Crippen LogP contribution in [0.2, 0.25) is 0 Å². The van der Waals surface area contributed by atoms with E-state index in [0.29, 0.717) is 11.1 Å². The van der Waals surface area contributed by atoms with Crippen LogP contribution in [0.25, 0.3) is 0 Å². The highest BCUT2D eigenvalue weighted by Gasteiger charge is 2.30. The Hall–Kier alpha value is -1.88. The molecule has 1 aromatic rings. The summed E-state index contributed by atoms with van der Waals surface area (Å²) in [6.45, 7) is 10.4. The first-order valence-electron chi connectivity index (χ1n) is 8.47. The van der Waals surface area contributed by atoms with E-state index in [1.54, 1.807) is 19.1 Å². The molecule has 1 fully saturated rings. The van der Waals surface area contributed by atoms with Crippen LogP contribution in [0.4, 0.5) is 0 Å². The molecular weight excluding hydrogens is 304 g/mol. The highest BCUT2D eigenvalue weighted by molar-refractivity contribution is 5.97. The van der Waals surface area contributed by atoms with E-state index in [1.807, 2.05) is 11.9 Å². The number of benzene rings is 1. The van der Waals surface area contributed by atoms with E-state index in [-0.39, 0.29) is 23.1 Å². The Kier molecular flexibility index (Phi) is 5.33. The zero-order valence-electron chi connectivity index (χ0n) is 15.3. The van der Waals surface area contributed by atoms with E-state index in [2.05, 4.69) is 25.7 Å². The molecule has 1 heterocycles. The lowest BCUT2D eigenvalue weighted by atomic mass is 9.96. The standard InChI is InChI=1S/C19H28N2O3/c1-13-12-14(18(23)24)6-7-16(13)17(22)20(5)15-8-10-21(11-9-15)19(2,3)4/h6-7,12,15H,8-11H2,1-5H3,(H,23,24). The molecule has 1 aliphatic rings. The van der Waals surface area contributed by atoms with E-state index in [4.69, 9.17) is 5.11 Å². The van der Waals surface area contributed by atoms with Crippen molar-refractivity contribution in [2.45, 2.75) is 52.1 Å². The van der Waals surface area contributed by atoms with Crippen LogP contribution >= 0.6 is 0 Å². The number of piperidine rings is 1. The predicted molar refractivity (Wildman–Crippen MR) is 94.6 cm³/mol. The van der Waals surface area contributed by atoms with Gasteiger partial charge in [0.1, 0.15) is 0 Å². The molecule has 1 aliphatic heterocycles. The van der Waals surface area contributed by atoms with E-state index in [1.165, 1.54) is 6.07 Å². The monoisotopic (exact) mass is 332 g/mol. The number of carbonyl (C=O) groups is 2. The summed E-state index contributed by atoms with van der Waals surface area (Å²) < 4.78 is 0. The molecule has 1 aromatic carbocycles. The molecule has 1 saturated heterocycles. The fourth-order valence-electron chi connectivity index (χ4n) is 3.32. The number of likely N-dealkylation sites (tertiary alicyclic amines) is 1. The molecule has 2 rings (SSSR count). The van der Waals surface area contributed by atoms with Crippen LogP contribution in [0.1, 0.15) is 59.9 Å². The van der Waals surface area contributed by atoms with Gasteiger partial charge in [0.25, 0.3) is 5.91 Å². The normalized spacial score (nSPS) is 16.9. The van der Waals surface area contributed by atoms with Gasteiger partial charge in [-0.15, -0.1) is 0 Å². The molecule has 1 N–H and O–H groups in total. The average Bonchev–Trinajstić information content (AvgIpc) is 2.52. The minimum atomic E-state index is -0.972. The van der Waals surface area contributed by atoms with Crippen LogP contribution in [-0.2, 0) is 0 Å². The molecule has 5 heteroatoms. The first-order chi connectivity index (χ1) is 11.1. The summed E-state index contributed by atoms with van der Waals surface area (Å²) in [4.78, 5) is 28.1. The van der Waals surface area contributed by atoms with Crippen LogP contribution in [0.3, 0.4) is 0 Å². The van der Waals surface area contributed by atoms with Gasteiger partial charge in [0.15, 0.2) is 0 Å². The Labute approximate surface area is 144 Å². The topological polar surface area (TPSA) is 60.9 Å². The lowest BCUT2D eigenvalue weighted by molar-refractivity contribution is 0.0498. The minimum absolute atomic E-state index is 0.0290.